The number of phosphoric ester groups is 1. The molecule has 0 aliphatic carbocycles. The van der Waals surface area contributed by atoms with Gasteiger partial charge in [0, 0.05) is 6.42 Å². The highest BCUT2D eigenvalue weighted by atomic mass is 31.2. The van der Waals surface area contributed by atoms with Gasteiger partial charge in [-0.2, -0.15) is 0 Å². The molecule has 0 rings (SSSR count). The molecule has 0 aliphatic heterocycles. The van der Waals surface area contributed by atoms with Crippen LogP contribution in [-0.2, 0) is 18.4 Å². The molecule has 0 bridgehead atoms. The van der Waals surface area contributed by atoms with Gasteiger partial charge in [0.15, 0.2) is 0 Å². The van der Waals surface area contributed by atoms with Crippen LogP contribution in [0.5, 0.6) is 0 Å². The summed E-state index contributed by atoms with van der Waals surface area (Å²) < 4.78 is 23.1. The Labute approximate surface area is 296 Å². The van der Waals surface area contributed by atoms with Crippen molar-refractivity contribution in [2.45, 2.75) is 180 Å². The van der Waals surface area contributed by atoms with Gasteiger partial charge in [0.25, 0.3) is 7.82 Å². The molecule has 0 fully saturated rings. The maximum absolute atomic E-state index is 12.8. The molecule has 48 heavy (non-hydrogen) atoms. The van der Waals surface area contributed by atoms with Gasteiger partial charge in [-0.1, -0.05) is 122 Å². The molecule has 0 aliphatic rings. The minimum Gasteiger partial charge on any atom is -0.756 e. The number of phosphoric acid groups is 1. The highest BCUT2D eigenvalue weighted by Crippen LogP contribution is 2.38. The number of quaternary nitrogens is 1. The number of aliphatic hydroxyl groups excluding tert-OH is 1. The summed E-state index contributed by atoms with van der Waals surface area (Å²) >= 11 is 0. The van der Waals surface area contributed by atoms with Crippen LogP contribution in [0.4, 0.5) is 0 Å². The van der Waals surface area contributed by atoms with E-state index in [9.17, 15) is 19.4 Å². The molecule has 0 heterocycles. The molecular formula is C39H77N2O6P. The standard InChI is InChI=1S/C39H77N2O6P/c1-6-8-10-12-14-16-18-20-22-24-26-28-30-32-38(42)37(36-47-48(44,45)46-35-34-41(3,4)5)40-39(43)33-31-29-27-25-23-21-19-17-15-13-11-9-7-2/h17,19,22,24,37-38,42H,6-16,18,20-21,23,25-36H2,1-5H3,(H-,40,43,44,45)/b19-17+,24-22+/t37-,38+/m0/s1. The van der Waals surface area contributed by atoms with Crippen LogP contribution >= 0.6 is 7.82 Å². The Bertz CT molecular complexity index is 845. The number of rotatable bonds is 35. The lowest BCUT2D eigenvalue weighted by Gasteiger charge is -2.30. The molecule has 0 aromatic heterocycles. The summed E-state index contributed by atoms with van der Waals surface area (Å²) in [7, 11) is 1.28. The van der Waals surface area contributed by atoms with Gasteiger partial charge in [-0.3, -0.25) is 9.36 Å². The first-order chi connectivity index (χ1) is 23.0. The van der Waals surface area contributed by atoms with E-state index in [1.807, 2.05) is 21.1 Å². The zero-order chi connectivity index (χ0) is 35.8. The van der Waals surface area contributed by atoms with Gasteiger partial charge in [-0.15, -0.1) is 0 Å². The molecule has 3 atom stereocenters. The van der Waals surface area contributed by atoms with E-state index in [-0.39, 0.29) is 19.1 Å². The third-order valence-electron chi connectivity index (χ3n) is 8.66. The van der Waals surface area contributed by atoms with E-state index in [4.69, 9.17) is 9.05 Å². The van der Waals surface area contributed by atoms with Crippen LogP contribution in [0.3, 0.4) is 0 Å². The third kappa shape index (κ3) is 33.5. The average Bonchev–Trinajstić information content (AvgIpc) is 3.02. The third-order valence-corrected chi connectivity index (χ3v) is 9.63. The van der Waals surface area contributed by atoms with Gasteiger partial charge in [0.05, 0.1) is 39.9 Å². The summed E-state index contributed by atoms with van der Waals surface area (Å²) in [5.74, 6) is -0.186. The van der Waals surface area contributed by atoms with Crippen LogP contribution in [0.2, 0.25) is 0 Å². The van der Waals surface area contributed by atoms with Crippen LogP contribution in [0.25, 0.3) is 0 Å². The van der Waals surface area contributed by atoms with Gasteiger partial charge >= 0.3 is 0 Å². The molecule has 8 nitrogen and oxygen atoms in total. The number of carbonyl (C=O) groups is 1. The van der Waals surface area contributed by atoms with Crippen molar-refractivity contribution in [3.05, 3.63) is 24.3 Å². The quantitative estimate of drug-likeness (QED) is 0.0295. The second-order valence-electron chi connectivity index (χ2n) is 14.6. The fraction of sp³-hybridized carbons (Fsp3) is 0.872. The summed E-state index contributed by atoms with van der Waals surface area (Å²) in [6, 6.07) is -0.816. The molecule has 9 heteroatoms. The van der Waals surface area contributed by atoms with Crippen molar-refractivity contribution in [2.24, 2.45) is 0 Å². The van der Waals surface area contributed by atoms with Gasteiger partial charge in [0.2, 0.25) is 5.91 Å². The second-order valence-corrected chi connectivity index (χ2v) is 16.0. The highest BCUT2D eigenvalue weighted by molar-refractivity contribution is 7.45. The molecule has 1 amide bonds. The maximum atomic E-state index is 12.8. The minimum absolute atomic E-state index is 0.00562. The van der Waals surface area contributed by atoms with E-state index in [2.05, 4.69) is 43.5 Å². The lowest BCUT2D eigenvalue weighted by Crippen LogP contribution is -2.46. The second kappa shape index (κ2) is 31.9. The molecular weight excluding hydrogens is 623 g/mol. The summed E-state index contributed by atoms with van der Waals surface area (Å²) in [5, 5.41) is 13.8. The fourth-order valence-electron chi connectivity index (χ4n) is 5.44. The zero-order valence-electron chi connectivity index (χ0n) is 31.9. The van der Waals surface area contributed by atoms with Gasteiger partial charge in [-0.25, -0.2) is 0 Å². The number of hydrogen-bond acceptors (Lipinski definition) is 6. The van der Waals surface area contributed by atoms with Crippen LogP contribution in [0, 0.1) is 0 Å². The summed E-state index contributed by atoms with van der Waals surface area (Å²) in [6.45, 7) is 4.64. The number of allylic oxidation sites excluding steroid dienone is 4. The van der Waals surface area contributed by atoms with Crippen molar-refractivity contribution in [1.29, 1.82) is 0 Å². The van der Waals surface area contributed by atoms with E-state index in [0.29, 0.717) is 23.9 Å². The molecule has 0 radical (unpaired) electrons. The fourth-order valence-corrected chi connectivity index (χ4v) is 6.16. The van der Waals surface area contributed by atoms with Crippen molar-refractivity contribution in [2.75, 3.05) is 40.9 Å². The Balaban J connectivity index is 4.52. The molecule has 0 spiro atoms. The van der Waals surface area contributed by atoms with E-state index in [1.165, 1.54) is 83.5 Å². The Morgan fingerprint density at radius 1 is 0.708 bits per heavy atom. The van der Waals surface area contributed by atoms with Crippen molar-refractivity contribution >= 4 is 13.7 Å². The summed E-state index contributed by atoms with van der Waals surface area (Å²) in [5.41, 5.74) is 0. The minimum atomic E-state index is -4.56. The van der Waals surface area contributed by atoms with Crippen molar-refractivity contribution in [3.8, 4) is 0 Å². The smallest absolute Gasteiger partial charge is 0.268 e. The van der Waals surface area contributed by atoms with Crippen LogP contribution < -0.4 is 10.2 Å². The summed E-state index contributed by atoms with van der Waals surface area (Å²) in [4.78, 5) is 25.2. The first-order valence-electron chi connectivity index (χ1n) is 19.7. The molecule has 0 saturated heterocycles. The lowest BCUT2D eigenvalue weighted by atomic mass is 10.0. The Morgan fingerprint density at radius 2 is 1.15 bits per heavy atom. The van der Waals surface area contributed by atoms with Crippen molar-refractivity contribution < 1.29 is 32.9 Å². The molecule has 2 N–H and O–H groups in total. The van der Waals surface area contributed by atoms with E-state index >= 15 is 0 Å². The van der Waals surface area contributed by atoms with Gasteiger partial charge in [0.1, 0.15) is 13.2 Å². The van der Waals surface area contributed by atoms with Crippen LogP contribution in [-0.4, -0.2) is 68.5 Å². The SMILES string of the molecule is CCCCCC/C=C/CCCCCCCC(=O)N[C@@H](COP(=O)([O-])OCC[N+](C)(C)C)[C@H](O)CCCC/C=C/CCCCCCCCC. The maximum Gasteiger partial charge on any atom is 0.268 e. The Kier molecular flexibility index (Phi) is 31.2. The Hall–Kier alpha value is -1.02. The Morgan fingerprint density at radius 3 is 1.65 bits per heavy atom. The monoisotopic (exact) mass is 701 g/mol. The molecule has 0 aromatic rings. The van der Waals surface area contributed by atoms with Gasteiger partial charge < -0.3 is 28.8 Å². The number of unbranched alkanes of at least 4 members (excludes halogenated alkanes) is 18. The van der Waals surface area contributed by atoms with E-state index < -0.39 is 20.0 Å². The predicted octanol–water partition coefficient (Wildman–Crippen LogP) is 9.55. The largest absolute Gasteiger partial charge is 0.756 e. The van der Waals surface area contributed by atoms with E-state index in [1.54, 1.807) is 0 Å². The van der Waals surface area contributed by atoms with Crippen LogP contribution in [0.15, 0.2) is 24.3 Å². The predicted molar refractivity (Wildman–Crippen MR) is 201 cm³/mol. The molecule has 1 unspecified atom stereocenters. The number of likely N-dealkylation sites (N-methyl/N-ethyl adjacent to an activating group) is 1. The molecule has 284 valence electrons. The normalized spacial score (nSPS) is 14.9. The topological polar surface area (TPSA) is 108 Å². The molecule has 0 aromatic carbocycles. The first-order valence-corrected chi connectivity index (χ1v) is 21.1. The first kappa shape index (κ1) is 47.0. The number of carbonyl (C=O) groups excluding carboxylic acids is 1. The number of amides is 1. The highest BCUT2D eigenvalue weighted by Gasteiger charge is 2.24. The summed E-state index contributed by atoms with van der Waals surface area (Å²) in [6.07, 6.45) is 34.6. The van der Waals surface area contributed by atoms with Crippen molar-refractivity contribution in [1.82, 2.24) is 5.32 Å². The van der Waals surface area contributed by atoms with Crippen molar-refractivity contribution in [3.63, 3.8) is 0 Å². The lowest BCUT2D eigenvalue weighted by molar-refractivity contribution is -0.870. The molecule has 0 saturated carbocycles. The zero-order valence-corrected chi connectivity index (χ0v) is 32.8. The average molecular weight is 701 g/mol. The van der Waals surface area contributed by atoms with Crippen LogP contribution in [0.1, 0.15) is 168 Å². The number of nitrogens with zero attached hydrogens (tertiary/aromatic N) is 1. The van der Waals surface area contributed by atoms with E-state index in [0.717, 1.165) is 57.8 Å². The van der Waals surface area contributed by atoms with Gasteiger partial charge in [-0.05, 0) is 64.2 Å². The number of aliphatic hydroxyl groups is 1. The number of nitrogens with one attached hydrogen (secondary N) is 1. The number of hydrogen-bond donors (Lipinski definition) is 2.